The summed E-state index contributed by atoms with van der Waals surface area (Å²) >= 11 is 0. The van der Waals surface area contributed by atoms with Crippen LogP contribution in [0, 0.1) is 5.92 Å². The van der Waals surface area contributed by atoms with Gasteiger partial charge in [0, 0.05) is 55.3 Å². The van der Waals surface area contributed by atoms with Gasteiger partial charge in [0.25, 0.3) is 5.91 Å². The van der Waals surface area contributed by atoms with Gasteiger partial charge in [-0.05, 0) is 48.4 Å². The van der Waals surface area contributed by atoms with E-state index in [0.717, 1.165) is 27.6 Å². The van der Waals surface area contributed by atoms with Gasteiger partial charge in [-0.2, -0.15) is 0 Å². The van der Waals surface area contributed by atoms with Crippen LogP contribution in [0.5, 0.6) is 5.75 Å². The molecule has 1 aliphatic heterocycles. The van der Waals surface area contributed by atoms with E-state index in [0.29, 0.717) is 36.8 Å². The number of nitrogens with zero attached hydrogens (tertiary/aromatic N) is 3. The Labute approximate surface area is 252 Å². The SMILES string of the molecule is COc1ccc(NC(=O)N(C)C[C@H]2OCc3ccccc3-c3c(n(C)c4ccccc34)C(=O)N([C@@H](C)CO)C[C@@H]2C)cc1. The normalized spacial score (nSPS) is 17.9. The molecule has 0 bridgehead atoms. The second kappa shape index (κ2) is 12.9. The number of likely N-dealkylation sites (N-methyl/N-ethyl adjacent to an activating group) is 1. The van der Waals surface area contributed by atoms with Crippen molar-refractivity contribution in [3.63, 3.8) is 0 Å². The molecule has 1 aromatic heterocycles. The van der Waals surface area contributed by atoms with Gasteiger partial charge in [0.05, 0.1) is 32.5 Å². The summed E-state index contributed by atoms with van der Waals surface area (Å²) in [5.74, 6) is 0.401. The molecule has 2 N–H and O–H groups in total. The molecule has 1 aliphatic rings. The fraction of sp³-hybridized carbons (Fsp3) is 0.353. The van der Waals surface area contributed by atoms with E-state index in [-0.39, 0.29) is 30.6 Å². The number of para-hydroxylation sites is 1. The van der Waals surface area contributed by atoms with Gasteiger partial charge in [0.1, 0.15) is 11.4 Å². The minimum Gasteiger partial charge on any atom is -0.497 e. The van der Waals surface area contributed by atoms with Crippen molar-refractivity contribution in [2.24, 2.45) is 13.0 Å². The zero-order valence-corrected chi connectivity index (χ0v) is 25.4. The van der Waals surface area contributed by atoms with Gasteiger partial charge < -0.3 is 34.3 Å². The highest BCUT2D eigenvalue weighted by molar-refractivity contribution is 6.10. The van der Waals surface area contributed by atoms with Crippen molar-refractivity contribution in [1.82, 2.24) is 14.4 Å². The largest absolute Gasteiger partial charge is 0.497 e. The number of rotatable bonds is 6. The Morgan fingerprint density at radius 2 is 1.81 bits per heavy atom. The van der Waals surface area contributed by atoms with E-state index in [4.69, 9.17) is 9.47 Å². The van der Waals surface area contributed by atoms with Crippen molar-refractivity contribution in [2.45, 2.75) is 32.6 Å². The second-order valence-corrected chi connectivity index (χ2v) is 11.3. The predicted molar refractivity (Wildman–Crippen MR) is 168 cm³/mol. The van der Waals surface area contributed by atoms with Gasteiger partial charge in [-0.25, -0.2) is 4.79 Å². The average molecular weight is 585 g/mol. The first-order chi connectivity index (χ1) is 20.7. The Kier molecular flexibility index (Phi) is 9.03. The number of benzene rings is 3. The van der Waals surface area contributed by atoms with Crippen molar-refractivity contribution >= 4 is 28.5 Å². The number of aromatic nitrogens is 1. The van der Waals surface area contributed by atoms with Crippen LogP contribution in [-0.4, -0.2) is 77.4 Å². The summed E-state index contributed by atoms with van der Waals surface area (Å²) in [6.07, 6.45) is -0.390. The molecule has 0 spiro atoms. The summed E-state index contributed by atoms with van der Waals surface area (Å²) < 4.78 is 13.8. The van der Waals surface area contributed by atoms with Gasteiger partial charge >= 0.3 is 6.03 Å². The summed E-state index contributed by atoms with van der Waals surface area (Å²) in [5, 5.41) is 14.1. The van der Waals surface area contributed by atoms with Gasteiger partial charge in [0.15, 0.2) is 0 Å². The summed E-state index contributed by atoms with van der Waals surface area (Å²) in [5.41, 5.74) is 4.94. The quantitative estimate of drug-likeness (QED) is 0.318. The molecular weight excluding hydrogens is 544 g/mol. The number of aliphatic hydroxyl groups excluding tert-OH is 1. The molecule has 0 fully saturated rings. The van der Waals surface area contributed by atoms with E-state index in [1.54, 1.807) is 48.2 Å². The summed E-state index contributed by atoms with van der Waals surface area (Å²) in [6, 6.07) is 22.5. The summed E-state index contributed by atoms with van der Waals surface area (Å²) in [6.45, 7) is 4.66. The number of hydrogen-bond acceptors (Lipinski definition) is 5. The Morgan fingerprint density at radius 3 is 2.53 bits per heavy atom. The molecule has 0 aliphatic carbocycles. The lowest BCUT2D eigenvalue weighted by Gasteiger charge is -2.35. The fourth-order valence-corrected chi connectivity index (χ4v) is 5.77. The number of nitrogens with one attached hydrogen (secondary N) is 1. The Bertz CT molecular complexity index is 1600. The van der Waals surface area contributed by atoms with Crippen molar-refractivity contribution in [3.8, 4) is 16.9 Å². The number of urea groups is 1. The Hall–Kier alpha value is -4.34. The summed E-state index contributed by atoms with van der Waals surface area (Å²) in [7, 11) is 5.25. The first-order valence-corrected chi connectivity index (χ1v) is 14.6. The van der Waals surface area contributed by atoms with Crippen LogP contribution in [0.25, 0.3) is 22.0 Å². The maximum Gasteiger partial charge on any atom is 0.321 e. The van der Waals surface area contributed by atoms with Crippen molar-refractivity contribution < 1.29 is 24.2 Å². The molecular formula is C34H40N4O5. The smallest absolute Gasteiger partial charge is 0.321 e. The fourth-order valence-electron chi connectivity index (χ4n) is 5.77. The number of carbonyl (C=O) groups excluding carboxylic acids is 2. The maximum atomic E-state index is 14.5. The second-order valence-electron chi connectivity index (χ2n) is 11.3. The lowest BCUT2D eigenvalue weighted by atomic mass is 9.96. The standard InChI is InChI=1S/C34H40N4O5/c1-22-18-38(23(2)20-39)33(40)32-31(28-12-8-9-13-29(28)37(32)4)27-11-7-6-10-24(27)21-43-30(22)19-36(3)34(41)35-25-14-16-26(42-5)17-15-25/h6-17,22-23,30,39H,18-21H2,1-5H3,(H,35,41)/t22-,23-,30+/m0/s1. The number of ether oxygens (including phenoxy) is 2. The molecule has 9 heteroatoms. The molecule has 0 saturated carbocycles. The number of aryl methyl sites for hydroxylation is 1. The van der Waals surface area contributed by atoms with Crippen LogP contribution in [0.15, 0.2) is 72.8 Å². The molecule has 0 radical (unpaired) electrons. The lowest BCUT2D eigenvalue weighted by Crippen LogP contribution is -2.48. The lowest BCUT2D eigenvalue weighted by molar-refractivity contribution is -0.0179. The van der Waals surface area contributed by atoms with Gasteiger partial charge in [-0.3, -0.25) is 4.79 Å². The topological polar surface area (TPSA) is 96.3 Å². The van der Waals surface area contributed by atoms with Crippen LogP contribution in [0.2, 0.25) is 0 Å². The van der Waals surface area contributed by atoms with E-state index in [1.165, 1.54) is 0 Å². The van der Waals surface area contributed by atoms with Crippen LogP contribution < -0.4 is 10.1 Å². The van der Waals surface area contributed by atoms with Crippen LogP contribution in [-0.2, 0) is 18.4 Å². The Balaban J connectivity index is 1.51. The molecule has 5 rings (SSSR count). The van der Waals surface area contributed by atoms with Gasteiger partial charge in [0.2, 0.25) is 0 Å². The minimum atomic E-state index is -0.423. The Morgan fingerprint density at radius 1 is 1.12 bits per heavy atom. The molecule has 0 unspecified atom stereocenters. The molecule has 3 atom stereocenters. The highest BCUT2D eigenvalue weighted by Gasteiger charge is 2.34. The van der Waals surface area contributed by atoms with E-state index >= 15 is 0 Å². The zero-order valence-electron chi connectivity index (χ0n) is 25.4. The number of methoxy groups -OCH3 is 1. The molecule has 226 valence electrons. The van der Waals surface area contributed by atoms with E-state index in [9.17, 15) is 14.7 Å². The number of anilines is 1. The molecule has 0 saturated heterocycles. The first-order valence-electron chi connectivity index (χ1n) is 14.6. The number of aliphatic hydroxyl groups is 1. The van der Waals surface area contributed by atoms with Crippen molar-refractivity contribution in [1.29, 1.82) is 0 Å². The third kappa shape index (κ3) is 6.09. The number of fused-ring (bicyclic) bond motifs is 5. The first kappa shape index (κ1) is 30.1. The van der Waals surface area contributed by atoms with E-state index in [1.807, 2.05) is 74.0 Å². The molecule has 2 heterocycles. The van der Waals surface area contributed by atoms with Crippen LogP contribution in [0.3, 0.4) is 0 Å². The molecule has 3 amide bonds. The van der Waals surface area contributed by atoms with Crippen LogP contribution >= 0.6 is 0 Å². The number of carbonyl (C=O) groups is 2. The predicted octanol–water partition coefficient (Wildman–Crippen LogP) is 5.38. The number of amides is 3. The van der Waals surface area contributed by atoms with Crippen LogP contribution in [0.4, 0.5) is 10.5 Å². The van der Waals surface area contributed by atoms with E-state index < -0.39 is 6.04 Å². The van der Waals surface area contributed by atoms with Crippen LogP contribution in [0.1, 0.15) is 29.9 Å². The van der Waals surface area contributed by atoms with Gasteiger partial charge in [-0.15, -0.1) is 0 Å². The average Bonchev–Trinajstić information content (AvgIpc) is 3.32. The highest BCUT2D eigenvalue weighted by Crippen LogP contribution is 2.38. The zero-order chi connectivity index (χ0) is 30.7. The minimum absolute atomic E-state index is 0.150. The van der Waals surface area contributed by atoms with Crippen molar-refractivity contribution in [3.05, 3.63) is 84.1 Å². The van der Waals surface area contributed by atoms with E-state index in [2.05, 4.69) is 5.32 Å². The third-order valence-electron chi connectivity index (χ3n) is 8.37. The molecule has 9 nitrogen and oxygen atoms in total. The molecule has 3 aromatic carbocycles. The molecule has 43 heavy (non-hydrogen) atoms. The third-order valence-corrected chi connectivity index (χ3v) is 8.37. The monoisotopic (exact) mass is 584 g/mol. The summed E-state index contributed by atoms with van der Waals surface area (Å²) in [4.78, 5) is 31.0. The maximum absolute atomic E-state index is 14.5. The number of hydrogen-bond donors (Lipinski definition) is 2. The highest BCUT2D eigenvalue weighted by atomic mass is 16.5. The van der Waals surface area contributed by atoms with Crippen molar-refractivity contribution in [2.75, 3.05) is 39.2 Å². The van der Waals surface area contributed by atoms with Gasteiger partial charge in [-0.1, -0.05) is 49.4 Å². The molecule has 4 aromatic rings.